The molecule has 140 valence electrons. The van der Waals surface area contributed by atoms with Crippen LogP contribution in [-0.4, -0.2) is 56.4 Å². The molecule has 2 amide bonds. The van der Waals surface area contributed by atoms with Crippen molar-refractivity contribution < 1.29 is 23.8 Å². The number of hydrogen-bond donors (Lipinski definition) is 1. The zero-order valence-electron chi connectivity index (χ0n) is 16.0. The lowest BCUT2D eigenvalue weighted by atomic mass is 10.1. The van der Waals surface area contributed by atoms with Gasteiger partial charge in [0.15, 0.2) is 0 Å². The first-order valence-corrected chi connectivity index (χ1v) is 8.05. The molecule has 1 rings (SSSR count). The Hall–Kier alpha value is -2.44. The van der Waals surface area contributed by atoms with Gasteiger partial charge in [0.1, 0.15) is 22.7 Å². The second kappa shape index (κ2) is 8.60. The molecule has 0 saturated heterocycles. The standard InChI is InChI=1S/C18H28N2O5/c1-12(19-17(22)25-18(2,3)4)11-20(5)16(21)15-13(23-6)9-8-10-14(15)24-7/h8-10,12H,11H2,1-7H3,(H,19,22)/t12-/m0/s1. The fraction of sp³-hybridized carbons (Fsp3) is 0.556. The fourth-order valence-corrected chi connectivity index (χ4v) is 2.30. The van der Waals surface area contributed by atoms with Gasteiger partial charge >= 0.3 is 6.09 Å². The number of carbonyl (C=O) groups excluding carboxylic acids is 2. The Kier molecular flexibility index (Phi) is 7.09. The Bertz CT molecular complexity index is 588. The largest absolute Gasteiger partial charge is 0.496 e. The number of hydrogen-bond acceptors (Lipinski definition) is 5. The SMILES string of the molecule is COc1cccc(OC)c1C(=O)N(C)C[C@H](C)NC(=O)OC(C)(C)C. The van der Waals surface area contributed by atoms with Gasteiger partial charge in [-0.15, -0.1) is 0 Å². The number of ether oxygens (including phenoxy) is 3. The molecule has 0 radical (unpaired) electrons. The van der Waals surface area contributed by atoms with Crippen LogP contribution in [0.1, 0.15) is 38.1 Å². The van der Waals surface area contributed by atoms with Crippen LogP contribution < -0.4 is 14.8 Å². The minimum absolute atomic E-state index is 0.257. The molecule has 1 aromatic rings. The van der Waals surface area contributed by atoms with Crippen LogP contribution in [0.25, 0.3) is 0 Å². The number of amides is 2. The second-order valence-electron chi connectivity index (χ2n) is 6.77. The number of likely N-dealkylation sites (N-methyl/N-ethyl adjacent to an activating group) is 1. The van der Waals surface area contributed by atoms with E-state index in [1.54, 1.807) is 52.9 Å². The van der Waals surface area contributed by atoms with Crippen LogP contribution in [0.2, 0.25) is 0 Å². The molecule has 0 unspecified atom stereocenters. The third kappa shape index (κ3) is 6.17. The van der Waals surface area contributed by atoms with Gasteiger partial charge in [0.05, 0.1) is 14.2 Å². The zero-order chi connectivity index (χ0) is 19.2. The lowest BCUT2D eigenvalue weighted by Gasteiger charge is -2.25. The van der Waals surface area contributed by atoms with E-state index in [1.165, 1.54) is 19.1 Å². The Labute approximate surface area is 149 Å². The summed E-state index contributed by atoms with van der Waals surface area (Å²) in [4.78, 5) is 26.1. The molecule has 0 aliphatic carbocycles. The van der Waals surface area contributed by atoms with E-state index in [1.807, 2.05) is 0 Å². The maximum absolute atomic E-state index is 12.8. The van der Waals surface area contributed by atoms with Crippen molar-refractivity contribution in [3.05, 3.63) is 23.8 Å². The molecule has 0 spiro atoms. The number of benzene rings is 1. The van der Waals surface area contributed by atoms with Crippen molar-refractivity contribution in [1.82, 2.24) is 10.2 Å². The van der Waals surface area contributed by atoms with Crippen LogP contribution in [-0.2, 0) is 4.74 Å². The zero-order valence-corrected chi connectivity index (χ0v) is 16.0. The Morgan fingerprint density at radius 1 is 1.16 bits per heavy atom. The van der Waals surface area contributed by atoms with E-state index in [0.29, 0.717) is 23.6 Å². The number of nitrogens with zero attached hydrogens (tertiary/aromatic N) is 1. The topological polar surface area (TPSA) is 77.1 Å². The summed E-state index contributed by atoms with van der Waals surface area (Å²) >= 11 is 0. The maximum atomic E-state index is 12.8. The highest BCUT2D eigenvalue weighted by Gasteiger charge is 2.24. The molecule has 0 aliphatic rings. The average molecular weight is 352 g/mol. The number of nitrogens with one attached hydrogen (secondary N) is 1. The molecule has 0 heterocycles. The van der Waals surface area contributed by atoms with Crippen LogP contribution >= 0.6 is 0 Å². The van der Waals surface area contributed by atoms with Gasteiger partial charge in [-0.3, -0.25) is 4.79 Å². The lowest BCUT2D eigenvalue weighted by Crippen LogP contribution is -2.44. The normalized spacial score (nSPS) is 12.1. The minimum atomic E-state index is -0.573. The Balaban J connectivity index is 2.79. The van der Waals surface area contributed by atoms with E-state index in [-0.39, 0.29) is 11.9 Å². The smallest absolute Gasteiger partial charge is 0.407 e. The third-order valence-electron chi connectivity index (χ3n) is 3.30. The first-order chi connectivity index (χ1) is 11.6. The van der Waals surface area contributed by atoms with E-state index in [4.69, 9.17) is 14.2 Å². The highest BCUT2D eigenvalue weighted by Crippen LogP contribution is 2.29. The number of alkyl carbamates (subject to hydrolysis) is 1. The van der Waals surface area contributed by atoms with Gasteiger partial charge < -0.3 is 24.4 Å². The van der Waals surface area contributed by atoms with Crippen LogP contribution in [0.15, 0.2) is 18.2 Å². The summed E-state index contributed by atoms with van der Waals surface area (Å²) in [5, 5.41) is 2.71. The van der Waals surface area contributed by atoms with Crippen molar-refractivity contribution in [3.63, 3.8) is 0 Å². The van der Waals surface area contributed by atoms with Gasteiger partial charge in [-0.1, -0.05) is 6.07 Å². The van der Waals surface area contributed by atoms with Crippen molar-refractivity contribution >= 4 is 12.0 Å². The molecule has 0 bridgehead atoms. The van der Waals surface area contributed by atoms with Crippen molar-refractivity contribution in [2.45, 2.75) is 39.3 Å². The van der Waals surface area contributed by atoms with E-state index < -0.39 is 11.7 Å². The van der Waals surface area contributed by atoms with Gasteiger partial charge in [-0.2, -0.15) is 0 Å². The summed E-state index contributed by atoms with van der Waals surface area (Å²) in [6.45, 7) is 7.48. The van der Waals surface area contributed by atoms with Gasteiger partial charge in [-0.25, -0.2) is 4.79 Å². The highest BCUT2D eigenvalue weighted by atomic mass is 16.6. The molecule has 0 aliphatic heterocycles. The predicted octanol–water partition coefficient (Wildman–Crippen LogP) is 2.69. The second-order valence-corrected chi connectivity index (χ2v) is 6.77. The molecule has 25 heavy (non-hydrogen) atoms. The summed E-state index contributed by atoms with van der Waals surface area (Å²) in [6, 6.07) is 4.86. The maximum Gasteiger partial charge on any atom is 0.407 e. The third-order valence-corrected chi connectivity index (χ3v) is 3.30. The Morgan fingerprint density at radius 2 is 1.68 bits per heavy atom. The first-order valence-electron chi connectivity index (χ1n) is 8.05. The van der Waals surface area contributed by atoms with Gasteiger partial charge in [-0.05, 0) is 39.8 Å². The molecule has 1 aromatic carbocycles. The van der Waals surface area contributed by atoms with Gasteiger partial charge in [0.2, 0.25) is 0 Å². The summed E-state index contributed by atoms with van der Waals surface area (Å²) in [5.41, 5.74) is -0.226. The molecule has 1 N–H and O–H groups in total. The van der Waals surface area contributed by atoms with Crippen LogP contribution in [0.3, 0.4) is 0 Å². The minimum Gasteiger partial charge on any atom is -0.496 e. The van der Waals surface area contributed by atoms with Crippen LogP contribution in [0, 0.1) is 0 Å². The number of rotatable bonds is 6. The monoisotopic (exact) mass is 352 g/mol. The van der Waals surface area contributed by atoms with Crippen LogP contribution in [0.4, 0.5) is 4.79 Å². The number of carbonyl (C=O) groups is 2. The fourth-order valence-electron chi connectivity index (χ4n) is 2.30. The van der Waals surface area contributed by atoms with Crippen molar-refractivity contribution in [1.29, 1.82) is 0 Å². The number of methoxy groups -OCH3 is 2. The van der Waals surface area contributed by atoms with E-state index >= 15 is 0 Å². The predicted molar refractivity (Wildman–Crippen MR) is 95.3 cm³/mol. The van der Waals surface area contributed by atoms with Crippen molar-refractivity contribution in [2.75, 3.05) is 27.8 Å². The first kappa shape index (κ1) is 20.6. The quantitative estimate of drug-likeness (QED) is 0.852. The molecule has 7 nitrogen and oxygen atoms in total. The van der Waals surface area contributed by atoms with E-state index in [0.717, 1.165) is 0 Å². The van der Waals surface area contributed by atoms with Gasteiger partial charge in [0.25, 0.3) is 5.91 Å². The molecule has 1 atom stereocenters. The molecule has 7 heteroatoms. The van der Waals surface area contributed by atoms with E-state index in [2.05, 4.69) is 5.32 Å². The lowest BCUT2D eigenvalue weighted by molar-refractivity contribution is 0.0491. The summed E-state index contributed by atoms with van der Waals surface area (Å²) in [7, 11) is 4.65. The summed E-state index contributed by atoms with van der Waals surface area (Å²) < 4.78 is 15.7. The van der Waals surface area contributed by atoms with Crippen molar-refractivity contribution in [3.8, 4) is 11.5 Å². The molecule has 0 fully saturated rings. The van der Waals surface area contributed by atoms with Gasteiger partial charge in [0, 0.05) is 19.6 Å². The Morgan fingerprint density at radius 3 is 2.12 bits per heavy atom. The van der Waals surface area contributed by atoms with E-state index in [9.17, 15) is 9.59 Å². The molecular weight excluding hydrogens is 324 g/mol. The molecular formula is C18H28N2O5. The molecule has 0 saturated carbocycles. The molecule has 0 aromatic heterocycles. The summed E-state index contributed by atoms with van der Waals surface area (Å²) in [5.74, 6) is 0.611. The highest BCUT2D eigenvalue weighted by molar-refractivity contribution is 5.99. The van der Waals surface area contributed by atoms with Crippen molar-refractivity contribution in [2.24, 2.45) is 0 Å². The van der Waals surface area contributed by atoms with Crippen LogP contribution in [0.5, 0.6) is 11.5 Å². The average Bonchev–Trinajstić information content (AvgIpc) is 2.50. The summed E-state index contributed by atoms with van der Waals surface area (Å²) in [6.07, 6.45) is -0.518.